The fraction of sp³-hybridized carbons (Fsp3) is 0.143. The molecule has 0 saturated carbocycles. The fourth-order valence-corrected chi connectivity index (χ4v) is 3.64. The molecule has 8 heteroatoms. The van der Waals surface area contributed by atoms with E-state index in [4.69, 9.17) is 5.11 Å². The second-order valence-electron chi connectivity index (χ2n) is 6.56. The summed E-state index contributed by atoms with van der Waals surface area (Å²) in [5, 5.41) is 11.1. The summed E-state index contributed by atoms with van der Waals surface area (Å²) in [6.07, 6.45) is 1.50. The van der Waals surface area contributed by atoms with Crippen LogP contribution >= 0.6 is 11.8 Å². The van der Waals surface area contributed by atoms with Gasteiger partial charge in [0.2, 0.25) is 5.91 Å². The summed E-state index contributed by atoms with van der Waals surface area (Å²) in [6.45, 7) is 3.43. The minimum absolute atomic E-state index is 0.123. The van der Waals surface area contributed by atoms with Crippen LogP contribution in [0.4, 0.5) is 10.5 Å². The average Bonchev–Trinajstić information content (AvgIpc) is 2.92. The van der Waals surface area contributed by atoms with E-state index in [1.54, 1.807) is 18.2 Å². The smallest absolute Gasteiger partial charge is 0.335 e. The summed E-state index contributed by atoms with van der Waals surface area (Å²) < 4.78 is 0. The van der Waals surface area contributed by atoms with Gasteiger partial charge in [-0.05, 0) is 61.0 Å². The van der Waals surface area contributed by atoms with E-state index in [1.165, 1.54) is 18.2 Å². The van der Waals surface area contributed by atoms with Gasteiger partial charge in [0.15, 0.2) is 0 Å². The lowest BCUT2D eigenvalue weighted by molar-refractivity contribution is -0.127. The van der Waals surface area contributed by atoms with Crippen LogP contribution in [0.3, 0.4) is 0 Å². The van der Waals surface area contributed by atoms with Gasteiger partial charge in [-0.25, -0.2) is 4.79 Å². The van der Waals surface area contributed by atoms with Crippen LogP contribution in [0.5, 0.6) is 0 Å². The number of imide groups is 1. The molecule has 2 N–H and O–H groups in total. The van der Waals surface area contributed by atoms with Crippen molar-refractivity contribution in [1.82, 2.24) is 4.90 Å². The van der Waals surface area contributed by atoms with Gasteiger partial charge in [-0.15, -0.1) is 0 Å². The number of rotatable bonds is 5. The largest absolute Gasteiger partial charge is 0.478 e. The molecule has 2 aromatic rings. The summed E-state index contributed by atoms with van der Waals surface area (Å²) in [5.74, 6) is -2.07. The molecule has 0 aliphatic carbocycles. The van der Waals surface area contributed by atoms with E-state index < -0.39 is 23.0 Å². The molecule has 1 fully saturated rings. The molecule has 0 unspecified atom stereocenters. The van der Waals surface area contributed by atoms with Gasteiger partial charge in [0.05, 0.1) is 10.5 Å². The highest BCUT2D eigenvalue weighted by molar-refractivity contribution is 8.18. The van der Waals surface area contributed by atoms with Crippen LogP contribution in [0.2, 0.25) is 0 Å². The molecule has 7 nitrogen and oxygen atoms in total. The molecule has 0 aromatic heterocycles. The maximum atomic E-state index is 12.5. The summed E-state index contributed by atoms with van der Waals surface area (Å²) in [6, 6.07) is 11.5. The molecule has 0 atom stereocenters. The van der Waals surface area contributed by atoms with Crippen molar-refractivity contribution in [3.8, 4) is 0 Å². The second kappa shape index (κ2) is 8.32. The first-order chi connectivity index (χ1) is 13.7. The van der Waals surface area contributed by atoms with Gasteiger partial charge >= 0.3 is 5.97 Å². The molecular formula is C21H18N2O5S. The Morgan fingerprint density at radius 3 is 2.41 bits per heavy atom. The summed E-state index contributed by atoms with van der Waals surface area (Å²) in [5.41, 5.74) is 3.28. The lowest BCUT2D eigenvalue weighted by Gasteiger charge is -2.14. The third-order valence-corrected chi connectivity index (χ3v) is 5.19. The van der Waals surface area contributed by atoms with E-state index in [-0.39, 0.29) is 17.0 Å². The van der Waals surface area contributed by atoms with Gasteiger partial charge in [-0.3, -0.25) is 19.3 Å². The highest BCUT2D eigenvalue weighted by atomic mass is 32.2. The quantitative estimate of drug-likeness (QED) is 0.729. The van der Waals surface area contributed by atoms with E-state index in [2.05, 4.69) is 5.32 Å². The summed E-state index contributed by atoms with van der Waals surface area (Å²) in [7, 11) is 0. The highest BCUT2D eigenvalue weighted by Crippen LogP contribution is 2.32. The van der Waals surface area contributed by atoms with Crippen molar-refractivity contribution in [3.63, 3.8) is 0 Å². The van der Waals surface area contributed by atoms with Crippen molar-refractivity contribution in [2.24, 2.45) is 0 Å². The molecule has 148 valence electrons. The first-order valence-corrected chi connectivity index (χ1v) is 9.52. The van der Waals surface area contributed by atoms with E-state index in [9.17, 15) is 19.2 Å². The number of hydrogen-bond donors (Lipinski definition) is 2. The predicted octanol–water partition coefficient (Wildman–Crippen LogP) is 3.68. The monoisotopic (exact) mass is 410 g/mol. The highest BCUT2D eigenvalue weighted by Gasteiger charge is 2.36. The first kappa shape index (κ1) is 20.3. The standard InChI is InChI=1S/C21H18N2O5S/c1-12-3-8-16(13(2)9-12)22-18(24)11-23-19(25)17(29-21(23)28)10-14-4-6-15(7-5-14)20(26)27/h3-10H,11H2,1-2H3,(H,22,24)(H,26,27). The van der Waals surface area contributed by atoms with Gasteiger partial charge in [0.1, 0.15) is 6.54 Å². The zero-order valence-corrected chi connectivity index (χ0v) is 16.6. The molecule has 0 bridgehead atoms. The summed E-state index contributed by atoms with van der Waals surface area (Å²) in [4.78, 5) is 49.0. The molecule has 1 heterocycles. The van der Waals surface area contributed by atoms with E-state index in [0.717, 1.165) is 27.8 Å². The molecule has 3 rings (SSSR count). The third-order valence-electron chi connectivity index (χ3n) is 4.29. The molecule has 3 amide bonds. The Bertz CT molecular complexity index is 1040. The number of anilines is 1. The van der Waals surface area contributed by atoms with Crippen LogP contribution < -0.4 is 5.32 Å². The number of amides is 3. The Morgan fingerprint density at radius 1 is 1.10 bits per heavy atom. The Balaban J connectivity index is 1.69. The number of carbonyl (C=O) groups is 4. The van der Waals surface area contributed by atoms with Crippen LogP contribution in [0.25, 0.3) is 6.08 Å². The second-order valence-corrected chi connectivity index (χ2v) is 7.55. The number of carboxylic acids is 1. The molecule has 2 aromatic carbocycles. The Hall–Kier alpha value is -3.39. The minimum atomic E-state index is -1.05. The zero-order chi connectivity index (χ0) is 21.1. The van der Waals surface area contributed by atoms with Crippen LogP contribution in [0.1, 0.15) is 27.0 Å². The van der Waals surface area contributed by atoms with E-state index in [0.29, 0.717) is 11.3 Å². The van der Waals surface area contributed by atoms with Gasteiger partial charge in [0, 0.05) is 5.69 Å². The van der Waals surface area contributed by atoms with Crippen molar-refractivity contribution in [2.45, 2.75) is 13.8 Å². The molecule has 29 heavy (non-hydrogen) atoms. The van der Waals surface area contributed by atoms with Crippen LogP contribution in [0, 0.1) is 13.8 Å². The van der Waals surface area contributed by atoms with Crippen molar-refractivity contribution < 1.29 is 24.3 Å². The van der Waals surface area contributed by atoms with Crippen molar-refractivity contribution in [3.05, 3.63) is 69.6 Å². The fourth-order valence-electron chi connectivity index (χ4n) is 2.80. The van der Waals surface area contributed by atoms with Crippen LogP contribution in [-0.4, -0.2) is 39.6 Å². The molecule has 1 aliphatic heterocycles. The lowest BCUT2D eigenvalue weighted by atomic mass is 10.1. The van der Waals surface area contributed by atoms with Crippen LogP contribution in [-0.2, 0) is 9.59 Å². The normalized spacial score (nSPS) is 15.1. The number of aromatic carboxylic acids is 1. The van der Waals surface area contributed by atoms with Crippen LogP contribution in [0.15, 0.2) is 47.4 Å². The Morgan fingerprint density at radius 2 is 1.79 bits per heavy atom. The zero-order valence-electron chi connectivity index (χ0n) is 15.8. The molecule has 0 spiro atoms. The number of aryl methyl sites for hydroxylation is 2. The Labute approximate surface area is 171 Å². The third kappa shape index (κ3) is 4.72. The minimum Gasteiger partial charge on any atom is -0.478 e. The number of nitrogens with one attached hydrogen (secondary N) is 1. The maximum Gasteiger partial charge on any atom is 0.335 e. The lowest BCUT2D eigenvalue weighted by Crippen LogP contribution is -2.36. The molecule has 0 radical (unpaired) electrons. The average molecular weight is 410 g/mol. The van der Waals surface area contributed by atoms with Crippen molar-refractivity contribution in [1.29, 1.82) is 0 Å². The number of nitrogens with zero attached hydrogens (tertiary/aromatic N) is 1. The van der Waals surface area contributed by atoms with Gasteiger partial charge < -0.3 is 10.4 Å². The maximum absolute atomic E-state index is 12.5. The van der Waals surface area contributed by atoms with Gasteiger partial charge in [-0.2, -0.15) is 0 Å². The van der Waals surface area contributed by atoms with E-state index >= 15 is 0 Å². The number of carboxylic acid groups (broad SMARTS) is 1. The van der Waals surface area contributed by atoms with E-state index in [1.807, 2.05) is 26.0 Å². The molecular weight excluding hydrogens is 392 g/mol. The molecule has 1 saturated heterocycles. The van der Waals surface area contributed by atoms with Crippen molar-refractivity contribution in [2.75, 3.05) is 11.9 Å². The number of benzene rings is 2. The number of carbonyl (C=O) groups excluding carboxylic acids is 3. The molecule has 1 aliphatic rings. The van der Waals surface area contributed by atoms with Crippen molar-refractivity contribution >= 4 is 46.5 Å². The number of hydrogen-bond acceptors (Lipinski definition) is 5. The topological polar surface area (TPSA) is 104 Å². The predicted molar refractivity (Wildman–Crippen MR) is 111 cm³/mol. The Kier molecular flexibility index (Phi) is 5.84. The number of thioether (sulfide) groups is 1. The SMILES string of the molecule is Cc1ccc(NC(=O)CN2C(=O)SC(=Cc3ccc(C(=O)O)cc3)C2=O)c(C)c1. The summed E-state index contributed by atoms with van der Waals surface area (Å²) >= 11 is 0.743. The van der Waals surface area contributed by atoms with Gasteiger partial charge in [0.25, 0.3) is 11.1 Å². The first-order valence-electron chi connectivity index (χ1n) is 8.70. The van der Waals surface area contributed by atoms with Gasteiger partial charge in [-0.1, -0.05) is 29.8 Å².